The highest BCUT2D eigenvalue weighted by molar-refractivity contribution is 6.06. The van der Waals surface area contributed by atoms with E-state index in [2.05, 4.69) is 43.2 Å². The molecule has 2 aromatic rings. The maximum absolute atomic E-state index is 14.5. The van der Waals surface area contributed by atoms with Crippen LogP contribution in [0.1, 0.15) is 56.6 Å². The van der Waals surface area contributed by atoms with Crippen LogP contribution in [-0.2, 0) is 6.42 Å². The van der Waals surface area contributed by atoms with E-state index in [1.807, 2.05) is 25.3 Å². The number of amidine groups is 2. The van der Waals surface area contributed by atoms with Crippen LogP contribution in [0.3, 0.4) is 0 Å². The van der Waals surface area contributed by atoms with Crippen LogP contribution >= 0.6 is 0 Å². The Morgan fingerprint density at radius 1 is 1.23 bits per heavy atom. The summed E-state index contributed by atoms with van der Waals surface area (Å²) >= 11 is 0. The lowest BCUT2D eigenvalue weighted by molar-refractivity contribution is -0.0406. The van der Waals surface area contributed by atoms with Crippen molar-refractivity contribution in [1.82, 2.24) is 26.4 Å². The molecular weight excluding hydrogens is 517 g/mol. The van der Waals surface area contributed by atoms with Crippen molar-refractivity contribution in [3.05, 3.63) is 72.6 Å². The molecule has 0 saturated heterocycles. The van der Waals surface area contributed by atoms with Gasteiger partial charge in [0.15, 0.2) is 0 Å². The lowest BCUT2D eigenvalue weighted by Gasteiger charge is -2.26. The number of rotatable bonds is 12. The van der Waals surface area contributed by atoms with Gasteiger partial charge in [0, 0.05) is 30.7 Å². The molecule has 2 aromatic heterocycles. The molecule has 2 saturated carbocycles. The van der Waals surface area contributed by atoms with Gasteiger partial charge in [-0.1, -0.05) is 26.0 Å². The van der Waals surface area contributed by atoms with Crippen LogP contribution in [0, 0.1) is 23.6 Å². The average Bonchev–Trinajstić information content (AvgIpc) is 3.86. The first-order valence-electron chi connectivity index (χ1n) is 13.8. The molecule has 40 heavy (non-hydrogen) atoms. The number of pyridine rings is 2. The van der Waals surface area contributed by atoms with Gasteiger partial charge in [-0.25, -0.2) is 33.6 Å². The number of anilines is 1. The highest BCUT2D eigenvalue weighted by atomic mass is 19.3. The second kappa shape index (κ2) is 11.9. The summed E-state index contributed by atoms with van der Waals surface area (Å²) in [4.78, 5) is 18.0. The van der Waals surface area contributed by atoms with Crippen molar-refractivity contribution in [2.24, 2.45) is 27.7 Å². The van der Waals surface area contributed by atoms with Crippen molar-refractivity contribution in [1.29, 1.82) is 0 Å². The largest absolute Gasteiger partial charge is 0.328 e. The molecule has 1 aliphatic heterocycles. The normalized spacial score (nSPS) is 22.8. The van der Waals surface area contributed by atoms with E-state index in [1.54, 1.807) is 19.3 Å². The number of aromatic nitrogens is 2. The first-order valence-corrected chi connectivity index (χ1v) is 13.8. The van der Waals surface area contributed by atoms with Crippen molar-refractivity contribution in [3.63, 3.8) is 0 Å². The molecule has 4 unspecified atom stereocenters. The lowest BCUT2D eigenvalue weighted by Crippen LogP contribution is -2.56. The summed E-state index contributed by atoms with van der Waals surface area (Å²) in [5.41, 5.74) is 11.2. The van der Waals surface area contributed by atoms with Crippen LogP contribution in [0.15, 0.2) is 65.6 Å². The average molecular weight is 553 g/mol. The molecule has 212 valence electrons. The molecule has 0 radical (unpaired) electrons. The minimum Gasteiger partial charge on any atom is -0.328 e. The van der Waals surface area contributed by atoms with E-state index in [-0.39, 0.29) is 24.2 Å². The smallest absolute Gasteiger partial charge is 0.267 e. The summed E-state index contributed by atoms with van der Waals surface area (Å²) in [5, 5.41) is 3.30. The molecule has 2 aliphatic carbocycles. The maximum Gasteiger partial charge on any atom is 0.267 e. The number of alkyl halides is 2. The zero-order valence-electron chi connectivity index (χ0n) is 22.7. The molecule has 0 amide bonds. The Hall–Kier alpha value is -3.57. The number of halogens is 3. The number of fused-ring (bicyclic) bond motifs is 1. The van der Waals surface area contributed by atoms with Crippen molar-refractivity contribution in [2.75, 3.05) is 5.32 Å². The molecule has 11 heteroatoms. The Morgan fingerprint density at radius 3 is 2.77 bits per heavy atom. The minimum absolute atomic E-state index is 0.0432. The number of hydrazine groups is 2. The third-order valence-corrected chi connectivity index (χ3v) is 7.60. The number of nitrogens with one attached hydrogen (secondary N) is 4. The molecule has 0 spiro atoms. The predicted molar refractivity (Wildman–Crippen MR) is 151 cm³/mol. The van der Waals surface area contributed by atoms with Gasteiger partial charge in [0.05, 0.1) is 24.1 Å². The zero-order valence-corrected chi connectivity index (χ0v) is 22.7. The lowest BCUT2D eigenvalue weighted by atomic mass is 10.1. The second-order valence-corrected chi connectivity index (χ2v) is 10.5. The Bertz CT molecular complexity index is 1320. The summed E-state index contributed by atoms with van der Waals surface area (Å²) in [6, 6.07) is 2.38. The maximum atomic E-state index is 14.5. The predicted octanol–water partition coefficient (Wildman–Crippen LogP) is 5.57. The van der Waals surface area contributed by atoms with Gasteiger partial charge >= 0.3 is 0 Å². The van der Waals surface area contributed by atoms with E-state index in [0.29, 0.717) is 35.5 Å². The molecule has 8 nitrogen and oxygen atoms in total. The topological polar surface area (TPSA) is 98.6 Å². The van der Waals surface area contributed by atoms with Crippen LogP contribution in [0.5, 0.6) is 0 Å². The molecular formula is C29H35F3N8. The van der Waals surface area contributed by atoms with Crippen LogP contribution < -0.4 is 21.7 Å². The summed E-state index contributed by atoms with van der Waals surface area (Å²) in [6.07, 6.45) is 12.4. The van der Waals surface area contributed by atoms with Crippen LogP contribution in [0.2, 0.25) is 0 Å². The fourth-order valence-electron chi connectivity index (χ4n) is 5.19. The highest BCUT2D eigenvalue weighted by Crippen LogP contribution is 2.51. The van der Waals surface area contributed by atoms with Crippen molar-refractivity contribution in [3.8, 4) is 0 Å². The van der Waals surface area contributed by atoms with E-state index >= 15 is 0 Å². The van der Waals surface area contributed by atoms with Gasteiger partial charge in [0.2, 0.25) is 0 Å². The molecule has 3 heterocycles. The number of aryl methyl sites for hydroxylation is 1. The van der Waals surface area contributed by atoms with E-state index in [9.17, 15) is 13.2 Å². The first-order chi connectivity index (χ1) is 19.3. The molecule has 0 bridgehead atoms. The molecule has 3 aliphatic rings. The SMILES string of the molecule is C=CCC(F)(F)C(CC)NNNC(=Nc1cncc(C2CC2)c1)C1C2C=CN=C(Nc3ncc(F)cc3CC)C21. The Kier molecular flexibility index (Phi) is 8.32. The van der Waals surface area contributed by atoms with Gasteiger partial charge in [0.1, 0.15) is 23.3 Å². The van der Waals surface area contributed by atoms with Gasteiger partial charge in [-0.3, -0.25) is 10.4 Å². The molecule has 2 fully saturated rings. The number of aliphatic imine (C=N–C) groups is 2. The standard InChI is InChI=1S/C29H35F3N8/c1-4-10-29(31,32)23(6-3)38-40-39-28(36-21-13-19(14-33-16-21)18-7-8-18)25-22-9-11-34-27(24(22)25)37-26-17(5-2)12-20(30)15-35-26/h4,9,11-16,18,22-25,38,40H,1,5-8,10H2,2-3H3,(H,36,39)(H,34,35,37). The van der Waals surface area contributed by atoms with E-state index in [4.69, 9.17) is 4.99 Å². The van der Waals surface area contributed by atoms with Gasteiger partial charge in [0.25, 0.3) is 5.92 Å². The molecule has 5 rings (SSSR count). The number of nitrogens with zero attached hydrogens (tertiary/aromatic N) is 4. The summed E-state index contributed by atoms with van der Waals surface area (Å²) in [5.74, 6) is -1.08. The summed E-state index contributed by atoms with van der Waals surface area (Å²) < 4.78 is 42.8. The van der Waals surface area contributed by atoms with Crippen LogP contribution in [-0.4, -0.2) is 33.6 Å². The van der Waals surface area contributed by atoms with Gasteiger partial charge in [-0.2, -0.15) is 5.53 Å². The number of hydrogen-bond acceptors (Lipinski definition) is 7. The van der Waals surface area contributed by atoms with Crippen LogP contribution in [0.4, 0.5) is 24.7 Å². The Labute approximate surface area is 232 Å². The number of allylic oxidation sites excluding steroid dienone is 2. The van der Waals surface area contributed by atoms with Crippen LogP contribution in [0.25, 0.3) is 0 Å². The zero-order chi connectivity index (χ0) is 28.3. The minimum atomic E-state index is -2.97. The molecule has 0 aromatic carbocycles. The van der Waals surface area contributed by atoms with Crippen molar-refractivity contribution >= 4 is 23.2 Å². The highest BCUT2D eigenvalue weighted by Gasteiger charge is 2.56. The van der Waals surface area contributed by atoms with Gasteiger partial charge in [-0.05, 0) is 60.8 Å². The Morgan fingerprint density at radius 2 is 2.05 bits per heavy atom. The first kappa shape index (κ1) is 28.0. The van der Waals surface area contributed by atoms with E-state index in [1.165, 1.54) is 18.3 Å². The van der Waals surface area contributed by atoms with Crippen molar-refractivity contribution in [2.45, 2.75) is 63.8 Å². The third-order valence-electron chi connectivity index (χ3n) is 7.60. The van der Waals surface area contributed by atoms with Gasteiger partial charge < -0.3 is 5.32 Å². The van der Waals surface area contributed by atoms with E-state index in [0.717, 1.165) is 24.0 Å². The third kappa shape index (κ3) is 6.26. The fraction of sp³-hybridized carbons (Fsp3) is 0.448. The van der Waals surface area contributed by atoms with Crippen molar-refractivity contribution < 1.29 is 13.2 Å². The van der Waals surface area contributed by atoms with Gasteiger partial charge in [-0.15, -0.1) is 6.58 Å². The van der Waals surface area contributed by atoms with E-state index < -0.39 is 24.2 Å². The second-order valence-electron chi connectivity index (χ2n) is 10.5. The molecule has 4 N–H and O–H groups in total. The monoisotopic (exact) mass is 552 g/mol. The summed E-state index contributed by atoms with van der Waals surface area (Å²) in [7, 11) is 0. The summed E-state index contributed by atoms with van der Waals surface area (Å²) in [6.45, 7) is 7.09. The Balaban J connectivity index is 1.37. The number of hydrogen-bond donors (Lipinski definition) is 4. The quantitative estimate of drug-likeness (QED) is 0.119. The fourth-order valence-corrected chi connectivity index (χ4v) is 5.19. The molecule has 4 atom stereocenters.